The Bertz CT molecular complexity index is 1380. The summed E-state index contributed by atoms with van der Waals surface area (Å²) in [7, 11) is 1.66. The van der Waals surface area contributed by atoms with Crippen molar-refractivity contribution in [3.8, 4) is 5.75 Å². The molecule has 3 aliphatic rings. The van der Waals surface area contributed by atoms with Gasteiger partial charge in [0.05, 0.1) is 19.0 Å². The lowest BCUT2D eigenvalue weighted by Gasteiger charge is -2.41. The van der Waals surface area contributed by atoms with Gasteiger partial charge in [-0.1, -0.05) is 24.3 Å². The molecule has 3 aromatic rings. The molecule has 1 aromatic heterocycles. The van der Waals surface area contributed by atoms with Crippen LogP contribution in [0.2, 0.25) is 0 Å². The quantitative estimate of drug-likeness (QED) is 0.249. The largest absolute Gasteiger partial charge is 0.497 e. The number of carbonyl (C=O) groups is 2. The van der Waals surface area contributed by atoms with E-state index in [-0.39, 0.29) is 23.7 Å². The van der Waals surface area contributed by atoms with Crippen LogP contribution in [0.3, 0.4) is 0 Å². The topological polar surface area (TPSA) is 74.8 Å². The van der Waals surface area contributed by atoms with Gasteiger partial charge in [0.25, 0.3) is 0 Å². The van der Waals surface area contributed by atoms with Crippen LogP contribution in [0, 0.1) is 17.8 Å². The third-order valence-electron chi connectivity index (χ3n) is 9.58. The number of methoxy groups -OCH3 is 1. The maximum Gasteiger partial charge on any atom is 0.230 e. The van der Waals surface area contributed by atoms with Crippen molar-refractivity contribution in [2.75, 3.05) is 43.1 Å². The molecule has 0 aliphatic carbocycles. The number of nitrogens with zero attached hydrogens (tertiary/aromatic N) is 3. The van der Waals surface area contributed by atoms with Crippen LogP contribution in [0.15, 0.2) is 71.5 Å². The van der Waals surface area contributed by atoms with Crippen LogP contribution < -0.4 is 19.9 Å². The van der Waals surface area contributed by atoms with Gasteiger partial charge in [0.1, 0.15) is 10.4 Å². The molecule has 3 fully saturated rings. The van der Waals surface area contributed by atoms with Gasteiger partial charge in [0.2, 0.25) is 11.8 Å². The van der Waals surface area contributed by atoms with E-state index in [0.717, 1.165) is 59.5 Å². The number of nitrogens with one attached hydrogen (secondary N) is 1. The summed E-state index contributed by atoms with van der Waals surface area (Å²) in [5, 5.41) is 2.58. The maximum absolute atomic E-state index is 13.0. The number of pyridine rings is 1. The Kier molecular flexibility index (Phi) is 8.79. The van der Waals surface area contributed by atoms with E-state index < -0.39 is 0 Å². The molecule has 3 aliphatic heterocycles. The SMILES string of the molecule is COc1ccc(C(c2cccc(N3CCC(C4CCN(c5ccc(Br)nc5)CC4)CC3)c2)C2CCC(=O)NC2=O)cc1. The monoisotopic (exact) mass is 630 g/mol. The molecule has 42 heavy (non-hydrogen) atoms. The molecule has 0 saturated carbocycles. The summed E-state index contributed by atoms with van der Waals surface area (Å²) in [4.78, 5) is 34.3. The minimum Gasteiger partial charge on any atom is -0.497 e. The zero-order chi connectivity index (χ0) is 29.1. The van der Waals surface area contributed by atoms with Gasteiger partial charge in [-0.05, 0) is 107 Å². The average Bonchev–Trinajstić information content (AvgIpc) is 3.03. The molecule has 2 aromatic carbocycles. The summed E-state index contributed by atoms with van der Waals surface area (Å²) in [6.45, 7) is 4.31. The second kappa shape index (κ2) is 12.9. The van der Waals surface area contributed by atoms with Crippen molar-refractivity contribution in [1.29, 1.82) is 0 Å². The molecule has 2 unspecified atom stereocenters. The van der Waals surface area contributed by atoms with Crippen molar-refractivity contribution < 1.29 is 14.3 Å². The van der Waals surface area contributed by atoms with E-state index in [1.165, 1.54) is 37.1 Å². The predicted octanol–water partition coefficient (Wildman–Crippen LogP) is 6.17. The summed E-state index contributed by atoms with van der Waals surface area (Å²) >= 11 is 3.44. The molecule has 4 heterocycles. The van der Waals surface area contributed by atoms with E-state index in [1.54, 1.807) is 7.11 Å². The van der Waals surface area contributed by atoms with Crippen molar-refractivity contribution in [2.45, 2.75) is 44.4 Å². The number of imide groups is 1. The summed E-state index contributed by atoms with van der Waals surface area (Å²) in [5.74, 6) is 1.55. The number of aromatic nitrogens is 1. The van der Waals surface area contributed by atoms with Gasteiger partial charge in [-0.15, -0.1) is 0 Å². The van der Waals surface area contributed by atoms with E-state index in [2.05, 4.69) is 66.4 Å². The van der Waals surface area contributed by atoms with Crippen LogP contribution in [-0.2, 0) is 9.59 Å². The highest BCUT2D eigenvalue weighted by Crippen LogP contribution is 2.40. The molecule has 0 bridgehead atoms. The zero-order valence-electron chi connectivity index (χ0n) is 24.2. The van der Waals surface area contributed by atoms with Crippen LogP contribution in [0.25, 0.3) is 0 Å². The van der Waals surface area contributed by atoms with Crippen molar-refractivity contribution in [3.63, 3.8) is 0 Å². The van der Waals surface area contributed by atoms with Gasteiger partial charge in [0, 0.05) is 50.1 Å². The number of hydrogen-bond acceptors (Lipinski definition) is 6. The van der Waals surface area contributed by atoms with Gasteiger partial charge in [-0.2, -0.15) is 0 Å². The van der Waals surface area contributed by atoms with E-state index in [0.29, 0.717) is 12.8 Å². The van der Waals surface area contributed by atoms with Crippen LogP contribution in [-0.4, -0.2) is 50.1 Å². The number of carbonyl (C=O) groups excluding carboxylic acids is 2. The van der Waals surface area contributed by atoms with E-state index in [4.69, 9.17) is 4.74 Å². The second-order valence-corrected chi connectivity index (χ2v) is 12.7. The fraction of sp³-hybridized carbons (Fsp3) is 0.441. The first-order chi connectivity index (χ1) is 20.5. The molecular formula is C34H39BrN4O3. The molecule has 2 atom stereocenters. The van der Waals surface area contributed by atoms with Crippen molar-refractivity contribution in [2.24, 2.45) is 17.8 Å². The number of rotatable bonds is 7. The molecule has 1 N–H and O–H groups in total. The molecular weight excluding hydrogens is 592 g/mol. The molecule has 6 rings (SSSR count). The summed E-state index contributed by atoms with van der Waals surface area (Å²) < 4.78 is 6.26. The molecule has 2 amide bonds. The smallest absolute Gasteiger partial charge is 0.230 e. The summed E-state index contributed by atoms with van der Waals surface area (Å²) in [5.41, 5.74) is 4.61. The molecule has 7 nitrogen and oxygen atoms in total. The first-order valence-corrected chi connectivity index (χ1v) is 16.0. The van der Waals surface area contributed by atoms with Crippen molar-refractivity contribution >= 4 is 39.1 Å². The van der Waals surface area contributed by atoms with Gasteiger partial charge in [0.15, 0.2) is 0 Å². The van der Waals surface area contributed by atoms with Gasteiger partial charge < -0.3 is 14.5 Å². The lowest BCUT2D eigenvalue weighted by atomic mass is 9.76. The summed E-state index contributed by atoms with van der Waals surface area (Å²) in [6, 6.07) is 20.9. The minimum absolute atomic E-state index is 0.132. The lowest BCUT2D eigenvalue weighted by Crippen LogP contribution is -2.43. The molecule has 0 radical (unpaired) electrons. The number of benzene rings is 2. The van der Waals surface area contributed by atoms with Crippen LogP contribution in [0.5, 0.6) is 5.75 Å². The van der Waals surface area contributed by atoms with Gasteiger partial charge in [-0.3, -0.25) is 14.9 Å². The number of hydrogen-bond donors (Lipinski definition) is 1. The molecule has 8 heteroatoms. The van der Waals surface area contributed by atoms with Gasteiger partial charge >= 0.3 is 0 Å². The standard InChI is InChI=1S/C34H39BrN4O3/c1-42-29-8-5-25(6-9-29)33(30-10-12-32(40)37-34(30)41)26-3-2-4-27(21-26)38-17-13-23(14-18-38)24-15-19-39(20-16-24)28-7-11-31(35)36-22-28/h2-9,11,21-24,30,33H,10,12-20H2,1H3,(H,37,40,41). The van der Waals surface area contributed by atoms with Crippen LogP contribution >= 0.6 is 15.9 Å². The Morgan fingerprint density at radius 1 is 0.833 bits per heavy atom. The van der Waals surface area contributed by atoms with Crippen molar-refractivity contribution in [3.05, 3.63) is 82.6 Å². The Hall–Kier alpha value is -3.39. The lowest BCUT2D eigenvalue weighted by molar-refractivity contribution is -0.136. The number of halogens is 1. The highest BCUT2D eigenvalue weighted by molar-refractivity contribution is 9.10. The number of amides is 2. The Balaban J connectivity index is 1.12. The first kappa shape index (κ1) is 28.7. The highest BCUT2D eigenvalue weighted by Gasteiger charge is 2.36. The molecule has 3 saturated heterocycles. The van der Waals surface area contributed by atoms with E-state index in [9.17, 15) is 9.59 Å². The zero-order valence-corrected chi connectivity index (χ0v) is 25.8. The minimum atomic E-state index is -0.295. The first-order valence-electron chi connectivity index (χ1n) is 15.2. The Labute approximate surface area is 256 Å². The van der Waals surface area contributed by atoms with E-state index >= 15 is 0 Å². The second-order valence-electron chi connectivity index (χ2n) is 11.9. The predicted molar refractivity (Wildman–Crippen MR) is 169 cm³/mol. The molecule has 0 spiro atoms. The Morgan fingerprint density at radius 2 is 1.50 bits per heavy atom. The fourth-order valence-corrected chi connectivity index (χ4v) is 7.46. The number of anilines is 2. The average molecular weight is 632 g/mol. The fourth-order valence-electron chi connectivity index (χ4n) is 7.22. The van der Waals surface area contributed by atoms with Crippen molar-refractivity contribution in [1.82, 2.24) is 10.3 Å². The number of ether oxygens (including phenoxy) is 1. The molecule has 220 valence electrons. The van der Waals surface area contributed by atoms with Crippen LogP contribution in [0.1, 0.15) is 55.6 Å². The normalized spacial score (nSPS) is 21.2. The third-order valence-corrected chi connectivity index (χ3v) is 10.0. The number of piperidine rings is 3. The van der Waals surface area contributed by atoms with Gasteiger partial charge in [-0.25, -0.2) is 4.98 Å². The summed E-state index contributed by atoms with van der Waals surface area (Å²) in [6.07, 6.45) is 7.80. The maximum atomic E-state index is 13.0. The van der Waals surface area contributed by atoms with E-state index in [1.807, 2.05) is 36.5 Å². The highest BCUT2D eigenvalue weighted by atomic mass is 79.9. The Morgan fingerprint density at radius 3 is 2.10 bits per heavy atom. The van der Waals surface area contributed by atoms with Crippen LogP contribution in [0.4, 0.5) is 11.4 Å². The third kappa shape index (κ3) is 6.33.